The maximum absolute atomic E-state index is 12.6. The minimum Gasteiger partial charge on any atom is -0.321 e. The smallest absolute Gasteiger partial charge is 0.270 e. The van der Waals surface area contributed by atoms with Gasteiger partial charge in [-0.25, -0.2) is 4.98 Å². The molecular formula is C19H13N5O5S. The second kappa shape index (κ2) is 7.37. The number of carbonyl (C=O) groups excluding carboxylic acids is 1. The summed E-state index contributed by atoms with van der Waals surface area (Å²) in [6.07, 6.45) is 1.73. The molecule has 0 atom stereocenters. The lowest BCUT2D eigenvalue weighted by Gasteiger charge is -2.04. The van der Waals surface area contributed by atoms with Gasteiger partial charge in [-0.3, -0.25) is 29.4 Å². The molecule has 0 unspecified atom stereocenters. The number of thiazole rings is 1. The fourth-order valence-corrected chi connectivity index (χ4v) is 3.94. The standard InChI is InChI=1S/C19H13N5O5S/c1-11-17(18(25)20-13-5-7-14(8-6-13)23(26)27)30-19-21-16(10-22(11)19)12-3-2-4-15(9-12)24(28)29/h2-10H,1H3,(H,20,25). The molecular weight excluding hydrogens is 410 g/mol. The van der Waals surface area contributed by atoms with Crippen LogP contribution in [-0.4, -0.2) is 25.1 Å². The summed E-state index contributed by atoms with van der Waals surface area (Å²) < 4.78 is 1.75. The number of aromatic nitrogens is 2. The fourth-order valence-electron chi connectivity index (χ4n) is 2.93. The molecule has 0 spiro atoms. The summed E-state index contributed by atoms with van der Waals surface area (Å²) in [6.45, 7) is 1.77. The maximum atomic E-state index is 12.6. The predicted octanol–water partition coefficient (Wildman–Crippen LogP) is 4.44. The molecule has 4 rings (SSSR count). The minimum atomic E-state index is -0.511. The molecule has 0 saturated carbocycles. The van der Waals surface area contributed by atoms with Crippen LogP contribution < -0.4 is 5.32 Å². The maximum Gasteiger partial charge on any atom is 0.270 e. The first-order chi connectivity index (χ1) is 14.3. The Labute approximate surface area is 172 Å². The van der Waals surface area contributed by atoms with Crippen molar-refractivity contribution in [2.24, 2.45) is 0 Å². The van der Waals surface area contributed by atoms with Gasteiger partial charge in [-0.15, -0.1) is 0 Å². The first-order valence-corrected chi connectivity index (χ1v) is 9.44. The molecule has 0 aliphatic rings. The molecule has 2 aromatic carbocycles. The Hall–Kier alpha value is -4.12. The number of rotatable bonds is 5. The van der Waals surface area contributed by atoms with E-state index in [1.807, 2.05) is 0 Å². The predicted molar refractivity (Wildman–Crippen MR) is 111 cm³/mol. The molecule has 0 fully saturated rings. The Morgan fingerprint density at radius 1 is 1.07 bits per heavy atom. The topological polar surface area (TPSA) is 133 Å². The van der Waals surface area contributed by atoms with Gasteiger partial charge in [0.25, 0.3) is 17.3 Å². The van der Waals surface area contributed by atoms with Crippen LogP contribution in [-0.2, 0) is 0 Å². The van der Waals surface area contributed by atoms with Crippen LogP contribution in [0, 0.1) is 27.2 Å². The van der Waals surface area contributed by atoms with Crippen molar-refractivity contribution in [3.05, 3.63) is 85.5 Å². The van der Waals surface area contributed by atoms with Crippen molar-refractivity contribution in [3.63, 3.8) is 0 Å². The van der Waals surface area contributed by atoms with Gasteiger partial charge in [0.1, 0.15) is 4.88 Å². The number of nitro benzene ring substituents is 2. The third-order valence-electron chi connectivity index (χ3n) is 4.45. The third-order valence-corrected chi connectivity index (χ3v) is 5.61. The van der Waals surface area contributed by atoms with Crippen LogP contribution in [0.5, 0.6) is 0 Å². The number of hydrogen-bond acceptors (Lipinski definition) is 7. The molecule has 10 nitrogen and oxygen atoms in total. The number of nitrogens with zero attached hydrogens (tertiary/aromatic N) is 4. The number of carbonyl (C=O) groups is 1. The van der Waals surface area contributed by atoms with E-state index < -0.39 is 9.85 Å². The molecule has 30 heavy (non-hydrogen) atoms. The number of nitro groups is 2. The van der Waals surface area contributed by atoms with E-state index in [2.05, 4.69) is 10.3 Å². The second-order valence-corrected chi connectivity index (χ2v) is 7.34. The molecule has 1 N–H and O–H groups in total. The van der Waals surface area contributed by atoms with Gasteiger partial charge < -0.3 is 5.32 Å². The zero-order valence-electron chi connectivity index (χ0n) is 15.4. The van der Waals surface area contributed by atoms with E-state index in [0.717, 1.165) is 0 Å². The molecule has 0 aliphatic heterocycles. The average Bonchev–Trinajstić information content (AvgIpc) is 3.28. The number of hydrogen-bond donors (Lipinski definition) is 1. The number of aryl methyl sites for hydroxylation is 1. The first kappa shape index (κ1) is 19.2. The molecule has 0 saturated heterocycles. The van der Waals surface area contributed by atoms with Crippen LogP contribution in [0.25, 0.3) is 16.2 Å². The minimum absolute atomic E-state index is 0.0243. The Balaban J connectivity index is 1.60. The van der Waals surface area contributed by atoms with Gasteiger partial charge in [-0.05, 0) is 19.1 Å². The first-order valence-electron chi connectivity index (χ1n) is 8.62. The summed E-state index contributed by atoms with van der Waals surface area (Å²) in [5.41, 5.74) is 2.19. The van der Waals surface area contributed by atoms with E-state index in [1.54, 1.807) is 29.7 Å². The van der Waals surface area contributed by atoms with Gasteiger partial charge in [-0.2, -0.15) is 0 Å². The molecule has 11 heteroatoms. The van der Waals surface area contributed by atoms with E-state index in [4.69, 9.17) is 0 Å². The van der Waals surface area contributed by atoms with Crippen molar-refractivity contribution >= 4 is 39.3 Å². The number of fused-ring (bicyclic) bond motifs is 1. The van der Waals surface area contributed by atoms with Gasteiger partial charge in [0, 0.05) is 47.4 Å². The lowest BCUT2D eigenvalue weighted by molar-refractivity contribution is -0.385. The Bertz CT molecular complexity index is 1310. The summed E-state index contributed by atoms with van der Waals surface area (Å²) >= 11 is 1.18. The van der Waals surface area contributed by atoms with E-state index >= 15 is 0 Å². The highest BCUT2D eigenvalue weighted by molar-refractivity contribution is 7.19. The fraction of sp³-hybridized carbons (Fsp3) is 0.0526. The number of benzene rings is 2. The molecule has 0 aliphatic carbocycles. The molecule has 0 radical (unpaired) electrons. The van der Waals surface area contributed by atoms with E-state index in [1.165, 1.54) is 47.7 Å². The van der Waals surface area contributed by atoms with Crippen LogP contribution in [0.4, 0.5) is 17.1 Å². The van der Waals surface area contributed by atoms with Crippen molar-refractivity contribution in [2.75, 3.05) is 5.32 Å². The van der Waals surface area contributed by atoms with E-state index in [0.29, 0.717) is 32.5 Å². The largest absolute Gasteiger partial charge is 0.321 e. The second-order valence-electron chi connectivity index (χ2n) is 6.36. The summed E-state index contributed by atoms with van der Waals surface area (Å²) in [5.74, 6) is -0.353. The number of amides is 1. The number of imidazole rings is 1. The number of non-ortho nitro benzene ring substituents is 2. The van der Waals surface area contributed by atoms with Crippen molar-refractivity contribution in [1.29, 1.82) is 0 Å². The number of nitrogens with one attached hydrogen (secondary N) is 1. The molecule has 1 amide bonds. The Morgan fingerprint density at radius 3 is 2.40 bits per heavy atom. The van der Waals surface area contributed by atoms with E-state index in [9.17, 15) is 25.0 Å². The lowest BCUT2D eigenvalue weighted by Crippen LogP contribution is -2.11. The Kier molecular flexibility index (Phi) is 4.72. The molecule has 4 aromatic rings. The zero-order valence-corrected chi connectivity index (χ0v) is 16.3. The summed E-state index contributed by atoms with van der Waals surface area (Å²) in [7, 11) is 0. The highest BCUT2D eigenvalue weighted by Crippen LogP contribution is 2.29. The van der Waals surface area contributed by atoms with Gasteiger partial charge >= 0.3 is 0 Å². The molecule has 2 heterocycles. The van der Waals surface area contributed by atoms with Crippen LogP contribution in [0.15, 0.2) is 54.7 Å². The van der Waals surface area contributed by atoms with Crippen LogP contribution in [0.3, 0.4) is 0 Å². The van der Waals surface area contributed by atoms with Crippen molar-refractivity contribution in [3.8, 4) is 11.3 Å². The summed E-state index contributed by atoms with van der Waals surface area (Å²) in [6, 6.07) is 11.7. The van der Waals surface area contributed by atoms with Crippen molar-refractivity contribution in [1.82, 2.24) is 9.38 Å². The molecule has 0 bridgehead atoms. The molecule has 2 aromatic heterocycles. The van der Waals surface area contributed by atoms with E-state index in [-0.39, 0.29) is 17.3 Å². The Morgan fingerprint density at radius 2 is 1.77 bits per heavy atom. The van der Waals surface area contributed by atoms with Crippen molar-refractivity contribution < 1.29 is 14.6 Å². The van der Waals surface area contributed by atoms with Crippen LogP contribution >= 0.6 is 11.3 Å². The van der Waals surface area contributed by atoms with Crippen molar-refractivity contribution in [2.45, 2.75) is 6.92 Å². The quantitative estimate of drug-likeness (QED) is 0.373. The van der Waals surface area contributed by atoms with Gasteiger partial charge in [0.15, 0.2) is 4.96 Å². The highest BCUT2D eigenvalue weighted by atomic mass is 32.1. The van der Waals surface area contributed by atoms with Crippen LogP contribution in [0.1, 0.15) is 15.4 Å². The third kappa shape index (κ3) is 3.49. The normalized spacial score (nSPS) is 10.8. The molecule has 150 valence electrons. The summed E-state index contributed by atoms with van der Waals surface area (Å²) in [4.78, 5) is 38.9. The highest BCUT2D eigenvalue weighted by Gasteiger charge is 2.19. The average molecular weight is 423 g/mol. The lowest BCUT2D eigenvalue weighted by atomic mass is 10.1. The van der Waals surface area contributed by atoms with Crippen LogP contribution in [0.2, 0.25) is 0 Å². The zero-order chi connectivity index (χ0) is 21.4. The number of anilines is 1. The van der Waals surface area contributed by atoms with Gasteiger partial charge in [0.05, 0.1) is 15.5 Å². The SMILES string of the molecule is Cc1c(C(=O)Nc2ccc([N+](=O)[O-])cc2)sc2nc(-c3cccc([N+](=O)[O-])c3)cn12. The summed E-state index contributed by atoms with van der Waals surface area (Å²) in [5, 5.41) is 24.4. The van der Waals surface area contributed by atoms with Gasteiger partial charge in [0.2, 0.25) is 0 Å². The van der Waals surface area contributed by atoms with Gasteiger partial charge in [-0.1, -0.05) is 23.5 Å². The monoisotopic (exact) mass is 423 g/mol.